The van der Waals surface area contributed by atoms with Crippen LogP contribution in [0.25, 0.3) is 0 Å². The molecule has 2 aromatic rings. The van der Waals surface area contributed by atoms with Crippen molar-refractivity contribution in [2.45, 2.75) is 37.2 Å². The Bertz CT molecular complexity index is 1030. The van der Waals surface area contributed by atoms with Crippen LogP contribution in [0.4, 0.5) is 5.69 Å². The standard InChI is InChI=1S/C22H26N2O4S/c1-5-17-14-20(22(25)26)21(16-8-10-18(11-9-16)23(3)4)24(17)29(27,28)19-12-6-15(2)7-13-19/h6-14,17,21H,5H2,1-4H3,(H,25,26)/t17-,21+/m0/s1. The molecule has 0 bridgehead atoms. The highest BCUT2D eigenvalue weighted by atomic mass is 32.2. The molecule has 1 aliphatic rings. The fraction of sp³-hybridized carbons (Fsp3) is 0.318. The summed E-state index contributed by atoms with van der Waals surface area (Å²) in [4.78, 5) is 14.1. The Kier molecular flexibility index (Phi) is 5.82. The van der Waals surface area contributed by atoms with Gasteiger partial charge in [-0.3, -0.25) is 0 Å². The van der Waals surface area contributed by atoms with Gasteiger partial charge in [-0.2, -0.15) is 4.31 Å². The lowest BCUT2D eigenvalue weighted by Crippen LogP contribution is -2.38. The molecule has 0 amide bonds. The predicted molar refractivity (Wildman–Crippen MR) is 114 cm³/mol. The number of sulfonamides is 1. The maximum Gasteiger partial charge on any atom is 0.333 e. The average molecular weight is 415 g/mol. The van der Waals surface area contributed by atoms with Gasteiger partial charge in [0.2, 0.25) is 10.0 Å². The van der Waals surface area contributed by atoms with Crippen molar-refractivity contribution in [2.24, 2.45) is 0 Å². The highest BCUT2D eigenvalue weighted by Gasteiger charge is 2.45. The molecule has 2 aromatic carbocycles. The van der Waals surface area contributed by atoms with E-state index in [4.69, 9.17) is 0 Å². The van der Waals surface area contributed by atoms with E-state index in [0.29, 0.717) is 12.0 Å². The van der Waals surface area contributed by atoms with E-state index in [-0.39, 0.29) is 10.5 Å². The van der Waals surface area contributed by atoms with E-state index >= 15 is 0 Å². The Morgan fingerprint density at radius 1 is 1.07 bits per heavy atom. The van der Waals surface area contributed by atoms with Crippen molar-refractivity contribution in [1.29, 1.82) is 0 Å². The summed E-state index contributed by atoms with van der Waals surface area (Å²) in [6.07, 6.45) is 2.05. The number of aryl methyl sites for hydroxylation is 1. The molecule has 6 nitrogen and oxygen atoms in total. The van der Waals surface area contributed by atoms with E-state index in [1.54, 1.807) is 42.5 Å². The molecular weight excluding hydrogens is 388 g/mol. The van der Waals surface area contributed by atoms with Gasteiger partial charge in [0.05, 0.1) is 16.5 Å². The maximum atomic E-state index is 13.5. The molecule has 0 unspecified atom stereocenters. The van der Waals surface area contributed by atoms with Crippen molar-refractivity contribution in [1.82, 2.24) is 4.31 Å². The van der Waals surface area contributed by atoms with Crippen molar-refractivity contribution in [3.05, 3.63) is 71.3 Å². The molecule has 1 heterocycles. The Morgan fingerprint density at radius 3 is 2.14 bits per heavy atom. The van der Waals surface area contributed by atoms with Crippen LogP contribution in [-0.4, -0.2) is 43.9 Å². The quantitative estimate of drug-likeness (QED) is 0.781. The summed E-state index contributed by atoms with van der Waals surface area (Å²) >= 11 is 0. The van der Waals surface area contributed by atoms with Crippen LogP contribution >= 0.6 is 0 Å². The first kappa shape index (κ1) is 21.1. The zero-order valence-corrected chi connectivity index (χ0v) is 17.8. The summed E-state index contributed by atoms with van der Waals surface area (Å²) in [6.45, 7) is 3.75. The highest BCUT2D eigenvalue weighted by Crippen LogP contribution is 2.42. The number of aliphatic carboxylic acids is 1. The number of nitrogens with zero attached hydrogens (tertiary/aromatic N) is 2. The first-order valence-corrected chi connectivity index (χ1v) is 10.9. The SMILES string of the molecule is CC[C@H]1C=C(C(=O)O)[C@@H](c2ccc(N(C)C)cc2)N1S(=O)(=O)c1ccc(C)cc1. The van der Waals surface area contributed by atoms with Crippen LogP contribution in [0.3, 0.4) is 0 Å². The van der Waals surface area contributed by atoms with E-state index in [1.165, 1.54) is 4.31 Å². The molecule has 0 radical (unpaired) electrons. The normalized spacial score (nSPS) is 19.8. The highest BCUT2D eigenvalue weighted by molar-refractivity contribution is 7.89. The zero-order valence-electron chi connectivity index (χ0n) is 17.0. The average Bonchev–Trinajstić information content (AvgIpc) is 3.09. The molecule has 154 valence electrons. The lowest BCUT2D eigenvalue weighted by Gasteiger charge is -2.30. The topological polar surface area (TPSA) is 77.9 Å². The molecule has 0 saturated heterocycles. The van der Waals surface area contributed by atoms with Crippen molar-refractivity contribution in [2.75, 3.05) is 19.0 Å². The van der Waals surface area contributed by atoms with Crippen LogP contribution in [0, 0.1) is 6.92 Å². The molecule has 29 heavy (non-hydrogen) atoms. The van der Waals surface area contributed by atoms with Crippen molar-refractivity contribution in [3.8, 4) is 0 Å². The number of carbonyl (C=O) groups is 1. The summed E-state index contributed by atoms with van der Waals surface area (Å²) in [7, 11) is -0.0772. The van der Waals surface area contributed by atoms with Gasteiger partial charge in [-0.05, 0) is 43.2 Å². The number of carboxylic acid groups (broad SMARTS) is 1. The van der Waals surface area contributed by atoms with E-state index in [0.717, 1.165) is 11.3 Å². The van der Waals surface area contributed by atoms with Crippen LogP contribution in [0.15, 0.2) is 65.1 Å². The van der Waals surface area contributed by atoms with Crippen LogP contribution < -0.4 is 4.90 Å². The van der Waals surface area contributed by atoms with Crippen LogP contribution in [0.2, 0.25) is 0 Å². The number of hydrogen-bond acceptors (Lipinski definition) is 4. The van der Waals surface area contributed by atoms with Gasteiger partial charge in [0.15, 0.2) is 0 Å². The number of hydrogen-bond donors (Lipinski definition) is 1. The summed E-state index contributed by atoms with van der Waals surface area (Å²) in [5, 5.41) is 9.79. The Hall–Kier alpha value is -2.64. The molecule has 1 aliphatic heterocycles. The molecule has 0 aromatic heterocycles. The molecule has 3 rings (SSSR count). The Labute approximate surface area is 172 Å². The third-order valence-electron chi connectivity index (χ3n) is 5.23. The maximum absolute atomic E-state index is 13.5. The first-order valence-electron chi connectivity index (χ1n) is 9.49. The first-order chi connectivity index (χ1) is 13.7. The monoisotopic (exact) mass is 414 g/mol. The van der Waals surface area contributed by atoms with Gasteiger partial charge in [0.25, 0.3) is 0 Å². The number of benzene rings is 2. The third kappa shape index (κ3) is 3.93. The van der Waals surface area contributed by atoms with E-state index in [2.05, 4.69) is 0 Å². The number of anilines is 1. The summed E-state index contributed by atoms with van der Waals surface area (Å²) in [5.74, 6) is -1.10. The molecule has 0 aliphatic carbocycles. The third-order valence-corrected chi connectivity index (χ3v) is 7.14. The van der Waals surface area contributed by atoms with Crippen molar-refractivity contribution >= 4 is 21.7 Å². The second-order valence-corrected chi connectivity index (χ2v) is 9.28. The summed E-state index contributed by atoms with van der Waals surface area (Å²) < 4.78 is 28.4. The van der Waals surface area contributed by atoms with Gasteiger partial charge < -0.3 is 10.0 Å². The fourth-order valence-electron chi connectivity index (χ4n) is 3.62. The largest absolute Gasteiger partial charge is 0.478 e. The minimum Gasteiger partial charge on any atom is -0.478 e. The summed E-state index contributed by atoms with van der Waals surface area (Å²) in [5.41, 5.74) is 2.63. The second-order valence-electron chi connectivity index (χ2n) is 7.44. The summed E-state index contributed by atoms with van der Waals surface area (Å²) in [6, 6.07) is 12.6. The zero-order chi connectivity index (χ0) is 21.3. The minimum atomic E-state index is -3.90. The fourth-order valence-corrected chi connectivity index (χ4v) is 5.42. The smallest absolute Gasteiger partial charge is 0.333 e. The predicted octanol–water partition coefficient (Wildman–Crippen LogP) is 3.60. The van der Waals surface area contributed by atoms with E-state index in [9.17, 15) is 18.3 Å². The van der Waals surface area contributed by atoms with Crippen molar-refractivity contribution < 1.29 is 18.3 Å². The Morgan fingerprint density at radius 2 is 1.66 bits per heavy atom. The van der Waals surface area contributed by atoms with Gasteiger partial charge in [-0.15, -0.1) is 0 Å². The molecular formula is C22H26N2O4S. The molecule has 0 spiro atoms. The van der Waals surface area contributed by atoms with E-state index < -0.39 is 28.1 Å². The second kappa shape index (κ2) is 8.00. The van der Waals surface area contributed by atoms with Gasteiger partial charge >= 0.3 is 5.97 Å². The number of rotatable bonds is 6. The Balaban J connectivity index is 2.13. The number of carboxylic acids is 1. The van der Waals surface area contributed by atoms with E-state index in [1.807, 2.05) is 45.0 Å². The lowest BCUT2D eigenvalue weighted by molar-refractivity contribution is -0.133. The van der Waals surface area contributed by atoms with Crippen LogP contribution in [0.5, 0.6) is 0 Å². The van der Waals surface area contributed by atoms with Gasteiger partial charge in [0.1, 0.15) is 0 Å². The molecule has 2 atom stereocenters. The lowest BCUT2D eigenvalue weighted by atomic mass is 10.0. The molecule has 0 saturated carbocycles. The van der Waals surface area contributed by atoms with Crippen LogP contribution in [0.1, 0.15) is 30.5 Å². The molecule has 1 N–H and O–H groups in total. The van der Waals surface area contributed by atoms with Gasteiger partial charge in [0, 0.05) is 25.8 Å². The van der Waals surface area contributed by atoms with Gasteiger partial charge in [-0.25, -0.2) is 13.2 Å². The molecule has 7 heteroatoms. The van der Waals surface area contributed by atoms with Gasteiger partial charge in [-0.1, -0.05) is 42.8 Å². The minimum absolute atomic E-state index is 0.0881. The van der Waals surface area contributed by atoms with Crippen LogP contribution in [-0.2, 0) is 14.8 Å². The van der Waals surface area contributed by atoms with Crippen molar-refractivity contribution in [3.63, 3.8) is 0 Å². The molecule has 0 fully saturated rings.